The van der Waals surface area contributed by atoms with E-state index in [1.807, 2.05) is 0 Å². The van der Waals surface area contributed by atoms with Gasteiger partial charge in [0.15, 0.2) is 6.29 Å². The topological polar surface area (TPSA) is 49.7 Å². The summed E-state index contributed by atoms with van der Waals surface area (Å²) >= 11 is 0. The van der Waals surface area contributed by atoms with Gasteiger partial charge in [-0.2, -0.15) is 0 Å². The van der Waals surface area contributed by atoms with Crippen molar-refractivity contribution in [1.82, 2.24) is 0 Å². The van der Waals surface area contributed by atoms with Gasteiger partial charge in [-0.15, -0.1) is 0 Å². The van der Waals surface area contributed by atoms with Gasteiger partial charge in [-0.05, 0) is 54.6 Å². The van der Waals surface area contributed by atoms with E-state index in [0.717, 1.165) is 0 Å². The predicted molar refractivity (Wildman–Crippen MR) is 186 cm³/mol. The summed E-state index contributed by atoms with van der Waals surface area (Å²) in [5, 5.41) is 23.7. The van der Waals surface area contributed by atoms with E-state index < -0.39 is 22.1 Å². The van der Waals surface area contributed by atoms with Crippen LogP contribution in [0.2, 0.25) is 0 Å². The van der Waals surface area contributed by atoms with Crippen LogP contribution in [-0.4, -0.2) is 16.7 Å². The minimum absolute atomic E-state index is 0. The molecule has 0 saturated heterocycles. The van der Waals surface area contributed by atoms with E-state index in [1.54, 1.807) is 0 Å². The molecule has 1 unspecified atom stereocenters. The maximum Gasteiger partial charge on any atom is 0.185 e. The maximum atomic E-state index is 7.89. The van der Waals surface area contributed by atoms with Crippen LogP contribution in [0.5, 0.6) is 0 Å². The van der Waals surface area contributed by atoms with Crippen molar-refractivity contribution in [2.24, 2.45) is 0 Å². The maximum absolute atomic E-state index is 7.89. The fraction of sp³-hybridized carbons (Fsp3) is 0.0526. The largest absolute Gasteiger partial charge is 0.366 e. The molecule has 226 valence electrons. The second-order valence-electron chi connectivity index (χ2n) is 9.39. The summed E-state index contributed by atoms with van der Waals surface area (Å²) < 4.78 is 0. The molecule has 6 aromatic carbocycles. The van der Waals surface area contributed by atoms with Crippen LogP contribution in [0.3, 0.4) is 0 Å². The van der Waals surface area contributed by atoms with Gasteiger partial charge in [0.05, 0.1) is 0 Å². The molecule has 0 spiro atoms. The molecule has 0 amide bonds. The minimum atomic E-state index is -1.06. The monoisotopic (exact) mass is 797 g/mol. The van der Waals surface area contributed by atoms with Gasteiger partial charge in [-0.3, -0.25) is 0 Å². The number of hydrogen-bond donors (Lipinski definition) is 2. The Kier molecular flexibility index (Phi) is 15.9. The van der Waals surface area contributed by atoms with Crippen LogP contribution >= 0.6 is 15.8 Å². The van der Waals surface area contributed by atoms with Gasteiger partial charge in [-0.25, -0.2) is 10.1 Å². The van der Waals surface area contributed by atoms with Gasteiger partial charge < -0.3 is 5.11 Å². The van der Waals surface area contributed by atoms with Gasteiger partial charge in [0, 0.05) is 21.1 Å². The molecule has 0 aliphatic rings. The van der Waals surface area contributed by atoms with Crippen molar-refractivity contribution < 1.29 is 36.3 Å². The van der Waals surface area contributed by atoms with Crippen molar-refractivity contribution in [2.75, 3.05) is 0 Å². The Balaban J connectivity index is 0.000000205. The molecule has 6 heteroatoms. The van der Waals surface area contributed by atoms with Gasteiger partial charge in [0.25, 0.3) is 0 Å². The third kappa shape index (κ3) is 11.0. The number of rotatable bonds is 7. The van der Waals surface area contributed by atoms with E-state index in [2.05, 4.69) is 187 Å². The number of aliphatic hydroxyl groups excluding tert-OH is 1. The third-order valence-electron chi connectivity index (χ3n) is 6.24. The summed E-state index contributed by atoms with van der Waals surface area (Å²) in [6.07, 6.45) is -1.06. The van der Waals surface area contributed by atoms with Crippen molar-refractivity contribution >= 4 is 47.7 Å². The van der Waals surface area contributed by atoms with Gasteiger partial charge in [0.2, 0.25) is 0 Å². The first kappa shape index (κ1) is 35.2. The summed E-state index contributed by atoms with van der Waals surface area (Å²) in [6, 6.07) is 64.7. The standard InChI is InChI=1S/2C18H15P.C2H6O3.Pt/c2*1-4-10-16(11-5-1)19(17-12-6-2-7-13-17)18-14-8-3-9-15-18;1-2(3)5-4;/h2*1-15H;2-4H,1H3;. The predicted octanol–water partition coefficient (Wildman–Crippen LogP) is 6.70. The molecule has 0 fully saturated rings. The summed E-state index contributed by atoms with van der Waals surface area (Å²) in [5.74, 6) is 0. The fourth-order valence-corrected chi connectivity index (χ4v) is 8.97. The zero-order chi connectivity index (χ0) is 30.1. The minimum Gasteiger partial charge on any atom is -0.366 e. The Morgan fingerprint density at radius 2 is 0.523 bits per heavy atom. The number of aliphatic hydroxyl groups is 1. The van der Waals surface area contributed by atoms with Crippen LogP contribution in [-0.2, 0) is 26.0 Å². The quantitative estimate of drug-likeness (QED) is 0.0819. The molecule has 0 aromatic heterocycles. The van der Waals surface area contributed by atoms with Crippen LogP contribution in [0.15, 0.2) is 182 Å². The first-order chi connectivity index (χ1) is 21.2. The fourth-order valence-electron chi connectivity index (χ4n) is 4.36. The molecule has 2 N–H and O–H groups in total. The van der Waals surface area contributed by atoms with E-state index in [0.29, 0.717) is 0 Å². The molecule has 0 heterocycles. The molecule has 1 atom stereocenters. The van der Waals surface area contributed by atoms with Gasteiger partial charge >= 0.3 is 0 Å². The molecule has 0 aliphatic heterocycles. The molecule has 0 radical (unpaired) electrons. The molecule has 0 aliphatic carbocycles. The summed E-state index contributed by atoms with van der Waals surface area (Å²) in [4.78, 5) is 3.31. The van der Waals surface area contributed by atoms with Crippen LogP contribution in [0.1, 0.15) is 6.92 Å². The van der Waals surface area contributed by atoms with Crippen LogP contribution in [0.25, 0.3) is 0 Å². The van der Waals surface area contributed by atoms with Gasteiger partial charge in [0.1, 0.15) is 0 Å². The average Bonchev–Trinajstić information content (AvgIpc) is 3.09. The summed E-state index contributed by atoms with van der Waals surface area (Å²) in [6.45, 7) is 1.31. The molecule has 0 bridgehead atoms. The molecule has 6 aromatic rings. The Labute approximate surface area is 277 Å². The van der Waals surface area contributed by atoms with Crippen LogP contribution < -0.4 is 31.8 Å². The smallest absolute Gasteiger partial charge is 0.185 e. The van der Waals surface area contributed by atoms with E-state index in [1.165, 1.54) is 38.8 Å². The SMILES string of the molecule is CC(O)OO.[Pt].c1ccc(P(c2ccccc2)c2ccccc2)cc1.c1ccc(P(c2ccccc2)c2ccccc2)cc1. The summed E-state index contributed by atoms with van der Waals surface area (Å²) in [7, 11) is -0.892. The van der Waals surface area contributed by atoms with E-state index in [9.17, 15) is 0 Å². The van der Waals surface area contributed by atoms with Crippen molar-refractivity contribution in [1.29, 1.82) is 0 Å². The number of benzene rings is 6. The van der Waals surface area contributed by atoms with Crippen molar-refractivity contribution in [2.45, 2.75) is 13.2 Å². The first-order valence-electron chi connectivity index (χ1n) is 14.1. The Morgan fingerprint density at radius 1 is 0.386 bits per heavy atom. The molecule has 44 heavy (non-hydrogen) atoms. The van der Waals surface area contributed by atoms with Gasteiger partial charge in [-0.1, -0.05) is 182 Å². The second kappa shape index (κ2) is 19.9. The van der Waals surface area contributed by atoms with Crippen molar-refractivity contribution in [3.63, 3.8) is 0 Å². The van der Waals surface area contributed by atoms with E-state index in [-0.39, 0.29) is 21.1 Å². The van der Waals surface area contributed by atoms with Crippen molar-refractivity contribution in [3.05, 3.63) is 182 Å². The zero-order valence-electron chi connectivity index (χ0n) is 24.4. The molecular formula is C38H36O3P2Pt. The summed E-state index contributed by atoms with van der Waals surface area (Å²) in [5.41, 5.74) is 0. The molecule has 6 rings (SSSR count). The zero-order valence-corrected chi connectivity index (χ0v) is 28.5. The normalized spacial score (nSPS) is 10.8. The second-order valence-corrected chi connectivity index (χ2v) is 13.8. The molecule has 0 saturated carbocycles. The Hall–Kier alpha value is -3.25. The molecule has 3 nitrogen and oxygen atoms in total. The average molecular weight is 798 g/mol. The Morgan fingerprint density at radius 3 is 0.636 bits per heavy atom. The Bertz CT molecular complexity index is 1250. The first-order valence-corrected chi connectivity index (χ1v) is 16.7. The third-order valence-corrected chi connectivity index (χ3v) is 11.1. The number of hydrogen-bond acceptors (Lipinski definition) is 3. The van der Waals surface area contributed by atoms with Crippen molar-refractivity contribution in [3.8, 4) is 0 Å². The van der Waals surface area contributed by atoms with E-state index in [4.69, 9.17) is 10.4 Å². The van der Waals surface area contributed by atoms with E-state index >= 15 is 0 Å². The van der Waals surface area contributed by atoms with Crippen LogP contribution in [0, 0.1) is 0 Å². The van der Waals surface area contributed by atoms with Crippen LogP contribution in [0.4, 0.5) is 0 Å². The molecular weight excluding hydrogens is 761 g/mol.